The molecule has 0 aliphatic carbocycles. The number of aromatic nitrogens is 2. The number of amidine groups is 1. The second-order valence-electron chi connectivity index (χ2n) is 3.57. The van der Waals surface area contributed by atoms with Crippen molar-refractivity contribution in [3.63, 3.8) is 0 Å². The van der Waals surface area contributed by atoms with Crippen molar-refractivity contribution < 1.29 is 13.2 Å². The molecule has 94 valence electrons. The summed E-state index contributed by atoms with van der Waals surface area (Å²) in [6, 6.07) is 7.95. The SMILES string of the molecule is N=C(N)c1cn(-c2ccccc2)c(C(F)(F)F)n1. The summed E-state index contributed by atoms with van der Waals surface area (Å²) in [5.41, 5.74) is 5.26. The number of halogens is 3. The lowest BCUT2D eigenvalue weighted by molar-refractivity contribution is -0.145. The fraction of sp³-hybridized carbons (Fsp3) is 0.0909. The largest absolute Gasteiger partial charge is 0.450 e. The Labute approximate surface area is 100 Å². The zero-order chi connectivity index (χ0) is 13.3. The number of imidazole rings is 1. The minimum absolute atomic E-state index is 0.203. The Morgan fingerprint density at radius 1 is 1.22 bits per heavy atom. The Kier molecular flexibility index (Phi) is 2.82. The van der Waals surface area contributed by atoms with Gasteiger partial charge in [-0.15, -0.1) is 0 Å². The number of benzene rings is 1. The highest BCUT2D eigenvalue weighted by molar-refractivity contribution is 5.93. The van der Waals surface area contributed by atoms with Crippen LogP contribution in [0.15, 0.2) is 36.5 Å². The molecular weight excluding hydrogens is 245 g/mol. The molecular formula is C11H9F3N4. The van der Waals surface area contributed by atoms with Gasteiger partial charge in [-0.1, -0.05) is 18.2 Å². The highest BCUT2D eigenvalue weighted by atomic mass is 19.4. The molecule has 0 fully saturated rings. The van der Waals surface area contributed by atoms with E-state index >= 15 is 0 Å². The second kappa shape index (κ2) is 4.17. The van der Waals surface area contributed by atoms with Crippen LogP contribution in [-0.2, 0) is 6.18 Å². The molecule has 4 nitrogen and oxygen atoms in total. The fourth-order valence-corrected chi connectivity index (χ4v) is 1.50. The lowest BCUT2D eigenvalue weighted by atomic mass is 10.3. The van der Waals surface area contributed by atoms with Crippen LogP contribution in [0.1, 0.15) is 11.5 Å². The van der Waals surface area contributed by atoms with Gasteiger partial charge in [0.2, 0.25) is 5.82 Å². The molecule has 0 spiro atoms. The summed E-state index contributed by atoms with van der Waals surface area (Å²) in [5.74, 6) is -1.60. The molecule has 0 radical (unpaired) electrons. The van der Waals surface area contributed by atoms with Crippen LogP contribution in [0.5, 0.6) is 0 Å². The minimum Gasteiger partial charge on any atom is -0.382 e. The number of alkyl halides is 3. The number of para-hydroxylation sites is 1. The van der Waals surface area contributed by atoms with Crippen molar-refractivity contribution in [2.24, 2.45) is 5.73 Å². The summed E-state index contributed by atoms with van der Waals surface area (Å²) in [4.78, 5) is 3.35. The predicted octanol–water partition coefficient (Wildman–Crippen LogP) is 2.18. The molecule has 1 aromatic heterocycles. The van der Waals surface area contributed by atoms with Crippen molar-refractivity contribution in [2.45, 2.75) is 6.18 Å². The first kappa shape index (κ1) is 12.2. The molecule has 0 saturated carbocycles. The summed E-state index contributed by atoms with van der Waals surface area (Å²) >= 11 is 0. The summed E-state index contributed by atoms with van der Waals surface area (Å²) in [5, 5.41) is 7.15. The fourth-order valence-electron chi connectivity index (χ4n) is 1.50. The monoisotopic (exact) mass is 254 g/mol. The molecule has 1 aromatic carbocycles. The van der Waals surface area contributed by atoms with Crippen LogP contribution >= 0.6 is 0 Å². The Morgan fingerprint density at radius 2 is 1.83 bits per heavy atom. The third-order valence-corrected chi connectivity index (χ3v) is 2.27. The Morgan fingerprint density at radius 3 is 2.33 bits per heavy atom. The van der Waals surface area contributed by atoms with E-state index in [2.05, 4.69) is 4.98 Å². The van der Waals surface area contributed by atoms with Crippen LogP contribution in [0.4, 0.5) is 13.2 Å². The normalized spacial score (nSPS) is 11.5. The second-order valence-corrected chi connectivity index (χ2v) is 3.57. The molecule has 7 heteroatoms. The lowest BCUT2D eigenvalue weighted by Crippen LogP contribution is -2.14. The first-order valence-electron chi connectivity index (χ1n) is 4.96. The van der Waals surface area contributed by atoms with Gasteiger partial charge in [-0.2, -0.15) is 13.2 Å². The van der Waals surface area contributed by atoms with Gasteiger partial charge >= 0.3 is 6.18 Å². The molecule has 0 aliphatic rings. The third-order valence-electron chi connectivity index (χ3n) is 2.27. The van der Waals surface area contributed by atoms with Gasteiger partial charge in [0.15, 0.2) is 0 Å². The van der Waals surface area contributed by atoms with Gasteiger partial charge < -0.3 is 5.73 Å². The van der Waals surface area contributed by atoms with Crippen molar-refractivity contribution in [1.29, 1.82) is 5.41 Å². The van der Waals surface area contributed by atoms with Crippen LogP contribution < -0.4 is 5.73 Å². The average Bonchev–Trinajstić information content (AvgIpc) is 2.74. The zero-order valence-corrected chi connectivity index (χ0v) is 9.07. The third kappa shape index (κ3) is 2.20. The standard InChI is InChI=1S/C11H9F3N4/c12-11(13,14)10-17-8(9(15)16)6-18(10)7-4-2-1-3-5-7/h1-6H,(H3,15,16). The van der Waals surface area contributed by atoms with Crippen LogP contribution in [0.2, 0.25) is 0 Å². The zero-order valence-electron chi connectivity index (χ0n) is 9.07. The van der Waals surface area contributed by atoms with Crippen molar-refractivity contribution in [3.05, 3.63) is 48.0 Å². The van der Waals surface area contributed by atoms with Gasteiger partial charge in [0, 0.05) is 11.9 Å². The van der Waals surface area contributed by atoms with Gasteiger partial charge in [-0.05, 0) is 12.1 Å². The highest BCUT2D eigenvalue weighted by Crippen LogP contribution is 2.30. The Balaban J connectivity index is 2.62. The molecule has 0 atom stereocenters. The minimum atomic E-state index is -4.61. The number of rotatable bonds is 2. The van der Waals surface area contributed by atoms with E-state index in [1.54, 1.807) is 18.2 Å². The molecule has 18 heavy (non-hydrogen) atoms. The maximum absolute atomic E-state index is 12.8. The van der Waals surface area contributed by atoms with Crippen LogP contribution in [-0.4, -0.2) is 15.4 Å². The molecule has 2 rings (SSSR count). The van der Waals surface area contributed by atoms with E-state index in [1.807, 2.05) is 0 Å². The molecule has 0 bridgehead atoms. The topological polar surface area (TPSA) is 67.7 Å². The van der Waals surface area contributed by atoms with Crippen molar-refractivity contribution in [1.82, 2.24) is 9.55 Å². The quantitative estimate of drug-likeness (QED) is 0.637. The van der Waals surface area contributed by atoms with E-state index in [0.717, 1.165) is 10.8 Å². The molecule has 0 saturated heterocycles. The van der Waals surface area contributed by atoms with E-state index in [1.165, 1.54) is 12.1 Å². The van der Waals surface area contributed by atoms with Gasteiger partial charge in [-0.25, -0.2) is 4.98 Å². The molecule has 1 heterocycles. The van der Waals surface area contributed by atoms with Crippen LogP contribution in [0, 0.1) is 5.41 Å². The highest BCUT2D eigenvalue weighted by Gasteiger charge is 2.37. The molecule has 2 aromatic rings. The van der Waals surface area contributed by atoms with Crippen LogP contribution in [0.25, 0.3) is 5.69 Å². The maximum atomic E-state index is 12.8. The van der Waals surface area contributed by atoms with Crippen molar-refractivity contribution in [3.8, 4) is 5.69 Å². The van der Waals surface area contributed by atoms with Gasteiger partial charge in [0.1, 0.15) is 11.5 Å². The molecule has 0 aliphatic heterocycles. The van der Waals surface area contributed by atoms with Crippen molar-refractivity contribution >= 4 is 5.84 Å². The number of nitrogens with zero attached hydrogens (tertiary/aromatic N) is 2. The van der Waals surface area contributed by atoms with Crippen molar-refractivity contribution in [2.75, 3.05) is 0 Å². The van der Waals surface area contributed by atoms with E-state index in [4.69, 9.17) is 11.1 Å². The summed E-state index contributed by atoms with van der Waals surface area (Å²) in [6.45, 7) is 0. The maximum Gasteiger partial charge on any atom is 0.450 e. The van der Waals surface area contributed by atoms with E-state index in [9.17, 15) is 13.2 Å². The number of nitrogens with one attached hydrogen (secondary N) is 1. The lowest BCUT2D eigenvalue weighted by Gasteiger charge is -2.09. The summed E-state index contributed by atoms with van der Waals surface area (Å²) in [6.07, 6.45) is -3.51. The summed E-state index contributed by atoms with van der Waals surface area (Å²) in [7, 11) is 0. The number of nitrogens with two attached hydrogens (primary N) is 1. The number of hydrogen-bond donors (Lipinski definition) is 2. The molecule has 0 unspecified atom stereocenters. The van der Waals surface area contributed by atoms with E-state index in [0.29, 0.717) is 5.69 Å². The molecule has 0 amide bonds. The average molecular weight is 254 g/mol. The van der Waals surface area contributed by atoms with Gasteiger partial charge in [0.25, 0.3) is 0 Å². The Bertz CT molecular complexity index is 572. The number of hydrogen-bond acceptors (Lipinski definition) is 2. The summed E-state index contributed by atoms with van der Waals surface area (Å²) < 4.78 is 39.3. The molecule has 3 N–H and O–H groups in total. The van der Waals surface area contributed by atoms with Gasteiger partial charge in [-0.3, -0.25) is 9.98 Å². The first-order chi connectivity index (χ1) is 8.39. The van der Waals surface area contributed by atoms with E-state index < -0.39 is 17.8 Å². The first-order valence-corrected chi connectivity index (χ1v) is 4.96. The Hall–Kier alpha value is -2.31. The predicted molar refractivity (Wildman–Crippen MR) is 59.6 cm³/mol. The van der Waals surface area contributed by atoms with E-state index in [-0.39, 0.29) is 5.69 Å². The number of nitrogen functional groups attached to an aromatic ring is 1. The smallest absolute Gasteiger partial charge is 0.382 e. The van der Waals surface area contributed by atoms with Gasteiger partial charge in [0.05, 0.1) is 0 Å². The van der Waals surface area contributed by atoms with Crippen LogP contribution in [0.3, 0.4) is 0 Å².